The Kier molecular flexibility index (Phi) is 7.78. The number of fused-ring (bicyclic) bond motifs is 3. The number of aliphatic imine (C=N–C) groups is 1. The van der Waals surface area contributed by atoms with Crippen LogP contribution < -0.4 is 22.2 Å². The number of nitrogens with zero attached hydrogens (tertiary/aromatic N) is 1. The van der Waals surface area contributed by atoms with Crippen LogP contribution in [0.1, 0.15) is 56.8 Å². The molecule has 2 bridgehead atoms. The lowest BCUT2D eigenvalue weighted by Gasteiger charge is -2.17. The number of amides is 1. The average molecular weight is 531 g/mol. The predicted molar refractivity (Wildman–Crippen MR) is 152 cm³/mol. The lowest BCUT2D eigenvalue weighted by molar-refractivity contribution is 0.0697. The Morgan fingerprint density at radius 3 is 2.18 bits per heavy atom. The number of aromatic amines is 1. The molecule has 0 saturated carbocycles. The number of carbonyl (C=O) groups excluding carboxylic acids is 1. The third-order valence-corrected chi connectivity index (χ3v) is 6.69. The molecule has 0 aliphatic rings. The van der Waals surface area contributed by atoms with Crippen LogP contribution >= 0.6 is 0 Å². The molecule has 0 fully saturated rings. The zero-order valence-corrected chi connectivity index (χ0v) is 22.2. The minimum Gasteiger partial charge on any atom is -0.478 e. The van der Waals surface area contributed by atoms with Gasteiger partial charge in [0, 0.05) is 45.0 Å². The van der Waals surface area contributed by atoms with E-state index in [0.717, 1.165) is 23.1 Å². The fraction of sp³-hybridized carbons (Fsp3) is 0.276. The molecular weight excluding hydrogens is 500 g/mol. The summed E-state index contributed by atoms with van der Waals surface area (Å²) < 4.78 is 5.29. The smallest absolute Gasteiger partial charge is 0.336 e. The van der Waals surface area contributed by atoms with E-state index in [4.69, 9.17) is 10.5 Å². The number of aryl methyl sites for hydroxylation is 3. The van der Waals surface area contributed by atoms with Crippen LogP contribution in [0.2, 0.25) is 0 Å². The van der Waals surface area contributed by atoms with Crippen molar-refractivity contribution in [2.45, 2.75) is 34.1 Å². The maximum Gasteiger partial charge on any atom is 0.336 e. The summed E-state index contributed by atoms with van der Waals surface area (Å²) in [7, 11) is 0. The minimum atomic E-state index is -1.37. The van der Waals surface area contributed by atoms with Gasteiger partial charge in [0.15, 0.2) is 0 Å². The number of hydrogen-bond donors (Lipinski definition) is 4. The highest BCUT2D eigenvalue weighted by molar-refractivity contribution is 6.28. The normalized spacial score (nSPS) is 11.8. The van der Waals surface area contributed by atoms with Gasteiger partial charge in [-0.3, -0.25) is 24.4 Å². The number of H-pyrrole nitrogens is 1. The van der Waals surface area contributed by atoms with Crippen LogP contribution in [-0.2, 0) is 11.2 Å². The van der Waals surface area contributed by atoms with Crippen LogP contribution in [0.15, 0.2) is 44.9 Å². The number of hydrogen-bond acceptors (Lipinski definition) is 6. The molecule has 0 radical (unpaired) electrons. The maximum absolute atomic E-state index is 13.8. The first-order chi connectivity index (χ1) is 18.6. The van der Waals surface area contributed by atoms with Crippen LogP contribution in [0.5, 0.6) is 0 Å². The van der Waals surface area contributed by atoms with Crippen molar-refractivity contribution < 1.29 is 19.4 Å². The third kappa shape index (κ3) is 5.10. The first kappa shape index (κ1) is 27.5. The van der Waals surface area contributed by atoms with Gasteiger partial charge in [-0.05, 0) is 62.1 Å². The molecule has 0 saturated heterocycles. The molecule has 0 unspecified atom stereocenters. The number of nitrogens with one attached hydrogen (secondary N) is 2. The minimum absolute atomic E-state index is 0.00867. The van der Waals surface area contributed by atoms with Gasteiger partial charge in [-0.15, -0.1) is 0 Å². The van der Waals surface area contributed by atoms with Gasteiger partial charge in [-0.2, -0.15) is 0 Å². The number of benzene rings is 3. The van der Waals surface area contributed by atoms with E-state index in [-0.39, 0.29) is 57.2 Å². The molecule has 1 amide bonds. The predicted octanol–water partition coefficient (Wildman–Crippen LogP) is 3.35. The second-order valence-electron chi connectivity index (χ2n) is 9.22. The highest BCUT2D eigenvalue weighted by Crippen LogP contribution is 2.33. The fourth-order valence-electron chi connectivity index (χ4n) is 4.88. The summed E-state index contributed by atoms with van der Waals surface area (Å²) in [6.07, 6.45) is 0.826. The largest absolute Gasteiger partial charge is 0.478 e. The molecule has 5 rings (SSSR count). The van der Waals surface area contributed by atoms with Gasteiger partial charge in [0.25, 0.3) is 17.0 Å². The van der Waals surface area contributed by atoms with Crippen molar-refractivity contribution in [2.24, 2.45) is 10.7 Å². The SMILES string of the molecule is CCOCCN=C(N)c1c(C(=O)O)cc(C(=O)Nc2c(C)cc(CC)cc2C)c2c3ccc(c(=O)[nH]c3=O)c12. The summed E-state index contributed by atoms with van der Waals surface area (Å²) >= 11 is 0. The Labute approximate surface area is 223 Å². The molecule has 39 heavy (non-hydrogen) atoms. The lowest BCUT2D eigenvalue weighted by Crippen LogP contribution is -2.22. The molecule has 0 atom stereocenters. The first-order valence-electron chi connectivity index (χ1n) is 12.6. The van der Waals surface area contributed by atoms with E-state index in [1.807, 2.05) is 39.8 Å². The number of aromatic nitrogens is 1. The third-order valence-electron chi connectivity index (χ3n) is 6.69. The molecule has 10 nitrogen and oxygen atoms in total. The van der Waals surface area contributed by atoms with Crippen molar-refractivity contribution in [3.05, 3.63) is 84.4 Å². The summed E-state index contributed by atoms with van der Waals surface area (Å²) in [4.78, 5) is 58.7. The Bertz CT molecular complexity index is 1730. The zero-order chi connectivity index (χ0) is 28.4. The van der Waals surface area contributed by atoms with E-state index < -0.39 is 23.0 Å². The summed E-state index contributed by atoms with van der Waals surface area (Å²) in [5.41, 5.74) is 7.78. The monoisotopic (exact) mass is 530 g/mol. The van der Waals surface area contributed by atoms with E-state index in [1.165, 1.54) is 18.2 Å². The van der Waals surface area contributed by atoms with Gasteiger partial charge in [-0.1, -0.05) is 19.1 Å². The average Bonchev–Trinajstić information content (AvgIpc) is 3.10. The van der Waals surface area contributed by atoms with Gasteiger partial charge in [0.1, 0.15) is 5.84 Å². The zero-order valence-electron chi connectivity index (χ0n) is 22.2. The molecule has 10 heteroatoms. The number of anilines is 1. The maximum atomic E-state index is 13.8. The molecule has 2 heterocycles. The van der Waals surface area contributed by atoms with E-state index in [1.54, 1.807) is 0 Å². The molecule has 2 aromatic heterocycles. The number of rotatable bonds is 9. The molecule has 202 valence electrons. The lowest BCUT2D eigenvalue weighted by atomic mass is 9.90. The number of carboxylic acids is 1. The molecule has 0 aliphatic carbocycles. The standard InChI is InChI=1S/C29H30N4O6/c1-5-16-11-14(3)24(15(4)12-16)32-28(36)19-13-20(29(37)38)23(25(30)31-9-10-39-6-2)22-18-8-7-17(21(19)22)26(34)33-27(18)35/h7-8,11-13H,5-6,9-10H2,1-4H3,(H2,30,31)(H,32,36)(H,37,38)(H,33,34,35). The second kappa shape index (κ2) is 11.0. The molecule has 0 aliphatic heterocycles. The quantitative estimate of drug-likeness (QED) is 0.146. The number of ether oxygens (including phenoxy) is 1. The summed E-state index contributed by atoms with van der Waals surface area (Å²) in [5, 5.41) is 13.3. The van der Waals surface area contributed by atoms with Crippen molar-refractivity contribution in [2.75, 3.05) is 25.1 Å². The summed E-state index contributed by atoms with van der Waals surface area (Å²) in [6, 6.07) is 7.97. The Morgan fingerprint density at radius 2 is 1.62 bits per heavy atom. The molecule has 5 N–H and O–H groups in total. The second-order valence-corrected chi connectivity index (χ2v) is 9.22. The van der Waals surface area contributed by atoms with Crippen LogP contribution in [-0.4, -0.2) is 47.6 Å². The highest BCUT2D eigenvalue weighted by Gasteiger charge is 2.27. The number of carbonyl (C=O) groups is 2. The van der Waals surface area contributed by atoms with Crippen molar-refractivity contribution >= 4 is 44.9 Å². The topological polar surface area (TPSA) is 164 Å². The molecular formula is C29H30N4O6. The number of amidine groups is 1. The summed E-state index contributed by atoms with van der Waals surface area (Å²) in [6.45, 7) is 8.47. The Balaban J connectivity index is 2.05. The number of carboxylic acid groups (broad SMARTS) is 1. The van der Waals surface area contributed by atoms with Crippen molar-refractivity contribution in [1.29, 1.82) is 0 Å². The van der Waals surface area contributed by atoms with E-state index in [2.05, 4.69) is 15.3 Å². The first-order valence-corrected chi connectivity index (χ1v) is 12.6. The van der Waals surface area contributed by atoms with Gasteiger partial charge in [0.05, 0.1) is 18.7 Å². The fourth-order valence-corrected chi connectivity index (χ4v) is 4.88. The summed E-state index contributed by atoms with van der Waals surface area (Å²) in [5.74, 6) is -2.14. The van der Waals surface area contributed by atoms with Gasteiger partial charge in [0.2, 0.25) is 0 Å². The van der Waals surface area contributed by atoms with Crippen molar-refractivity contribution in [3.63, 3.8) is 0 Å². The van der Waals surface area contributed by atoms with Crippen LogP contribution in [0.4, 0.5) is 5.69 Å². The van der Waals surface area contributed by atoms with E-state index in [9.17, 15) is 24.3 Å². The molecule has 5 aromatic rings. The van der Waals surface area contributed by atoms with Crippen LogP contribution in [0.3, 0.4) is 0 Å². The van der Waals surface area contributed by atoms with E-state index >= 15 is 0 Å². The highest BCUT2D eigenvalue weighted by atomic mass is 16.5. The van der Waals surface area contributed by atoms with Crippen LogP contribution in [0, 0.1) is 13.8 Å². The van der Waals surface area contributed by atoms with Crippen molar-refractivity contribution in [3.8, 4) is 0 Å². The molecule has 0 spiro atoms. The van der Waals surface area contributed by atoms with E-state index in [0.29, 0.717) is 12.3 Å². The number of nitrogens with two attached hydrogens (primary N) is 1. The Morgan fingerprint density at radius 1 is 1.00 bits per heavy atom. The Hall–Kier alpha value is -4.57. The molecule has 3 aromatic carbocycles. The van der Waals surface area contributed by atoms with Crippen LogP contribution in [0.25, 0.3) is 21.5 Å². The van der Waals surface area contributed by atoms with Gasteiger partial charge >= 0.3 is 5.97 Å². The van der Waals surface area contributed by atoms with Crippen molar-refractivity contribution in [1.82, 2.24) is 4.98 Å². The number of aromatic carboxylic acids is 1. The van der Waals surface area contributed by atoms with Gasteiger partial charge < -0.3 is 20.9 Å². The van der Waals surface area contributed by atoms with Gasteiger partial charge in [-0.25, -0.2) is 4.79 Å².